The Bertz CT molecular complexity index is 717. The molecule has 0 amide bonds. The number of fused-ring (bicyclic) bond motifs is 3. The summed E-state index contributed by atoms with van der Waals surface area (Å²) in [7, 11) is 0. The van der Waals surface area contributed by atoms with Crippen molar-refractivity contribution in [1.82, 2.24) is 5.32 Å². The molecule has 0 spiro atoms. The lowest BCUT2D eigenvalue weighted by atomic mass is 10.0. The van der Waals surface area contributed by atoms with Crippen molar-refractivity contribution in [3.05, 3.63) is 47.2 Å². The van der Waals surface area contributed by atoms with Crippen LogP contribution in [0.15, 0.2) is 41.0 Å². The van der Waals surface area contributed by atoms with Gasteiger partial charge in [-0.25, -0.2) is 0 Å². The molecule has 1 N–H and O–H groups in total. The van der Waals surface area contributed by atoms with Crippen LogP contribution < -0.4 is 5.32 Å². The summed E-state index contributed by atoms with van der Waals surface area (Å²) in [6, 6.07) is 10.1. The minimum absolute atomic E-state index is 0.786. The van der Waals surface area contributed by atoms with Crippen LogP contribution in [0.5, 0.6) is 0 Å². The second-order valence-electron chi connectivity index (χ2n) is 4.65. The Balaban J connectivity index is 2.13. The van der Waals surface area contributed by atoms with Gasteiger partial charge in [-0.3, -0.25) is 0 Å². The molecule has 2 nitrogen and oxygen atoms in total. The molecule has 0 saturated carbocycles. The molecule has 0 bridgehead atoms. The van der Waals surface area contributed by atoms with Crippen LogP contribution in [0.2, 0.25) is 5.02 Å². The van der Waals surface area contributed by atoms with Crippen LogP contribution >= 0.6 is 11.6 Å². The maximum Gasteiger partial charge on any atom is 0.142 e. The second-order valence-corrected chi connectivity index (χ2v) is 5.05. The number of nitrogens with one attached hydrogen (secondary N) is 1. The third kappa shape index (κ3) is 2.22. The molecule has 3 rings (SSSR count). The molecule has 0 atom stereocenters. The van der Waals surface area contributed by atoms with E-state index in [2.05, 4.69) is 18.3 Å². The number of rotatable bonds is 4. The number of benzene rings is 2. The number of hydrogen-bond donors (Lipinski definition) is 1. The van der Waals surface area contributed by atoms with E-state index >= 15 is 0 Å². The maximum absolute atomic E-state index is 6.37. The summed E-state index contributed by atoms with van der Waals surface area (Å²) in [6.45, 7) is 4.05. The van der Waals surface area contributed by atoms with Gasteiger partial charge in [0.25, 0.3) is 0 Å². The van der Waals surface area contributed by atoms with E-state index < -0.39 is 0 Å². The van der Waals surface area contributed by atoms with Crippen LogP contribution in [0.25, 0.3) is 21.7 Å². The summed E-state index contributed by atoms with van der Waals surface area (Å²) in [5.74, 6) is 0. The number of furan rings is 1. The molecule has 19 heavy (non-hydrogen) atoms. The van der Waals surface area contributed by atoms with Gasteiger partial charge in [0.15, 0.2) is 0 Å². The second kappa shape index (κ2) is 5.24. The maximum atomic E-state index is 6.37. The summed E-state index contributed by atoms with van der Waals surface area (Å²) in [5.41, 5.74) is 2.15. The highest BCUT2D eigenvalue weighted by Crippen LogP contribution is 2.34. The number of halogens is 1. The first kappa shape index (κ1) is 12.5. The highest BCUT2D eigenvalue weighted by molar-refractivity contribution is 6.37. The Hall–Kier alpha value is -1.51. The Morgan fingerprint density at radius 3 is 2.74 bits per heavy atom. The monoisotopic (exact) mass is 273 g/mol. The van der Waals surface area contributed by atoms with Crippen LogP contribution in [0.3, 0.4) is 0 Å². The third-order valence-corrected chi connectivity index (χ3v) is 3.74. The first-order valence-electron chi connectivity index (χ1n) is 6.59. The van der Waals surface area contributed by atoms with E-state index in [1.54, 1.807) is 0 Å². The SMILES string of the molecule is CCNCCc1coc2c1cc(Cl)c1ccccc12. The smallest absolute Gasteiger partial charge is 0.142 e. The van der Waals surface area contributed by atoms with Crippen molar-refractivity contribution in [2.24, 2.45) is 0 Å². The van der Waals surface area contributed by atoms with Gasteiger partial charge < -0.3 is 9.73 Å². The average molecular weight is 274 g/mol. The van der Waals surface area contributed by atoms with Crippen LogP contribution in [-0.4, -0.2) is 13.1 Å². The molecule has 0 unspecified atom stereocenters. The van der Waals surface area contributed by atoms with Gasteiger partial charge in [0, 0.05) is 21.2 Å². The molecule has 0 aliphatic rings. The Kier molecular flexibility index (Phi) is 3.45. The summed E-state index contributed by atoms with van der Waals surface area (Å²) in [5, 5.41) is 7.37. The van der Waals surface area contributed by atoms with Gasteiger partial charge in [-0.15, -0.1) is 0 Å². The van der Waals surface area contributed by atoms with E-state index in [1.807, 2.05) is 30.5 Å². The minimum atomic E-state index is 0.786. The molecule has 3 heteroatoms. The van der Waals surface area contributed by atoms with Gasteiger partial charge >= 0.3 is 0 Å². The van der Waals surface area contributed by atoms with Gasteiger partial charge in [0.2, 0.25) is 0 Å². The Morgan fingerprint density at radius 1 is 1.16 bits per heavy atom. The fraction of sp³-hybridized carbons (Fsp3) is 0.250. The molecule has 0 aliphatic heterocycles. The third-order valence-electron chi connectivity index (χ3n) is 3.43. The molecule has 0 saturated heterocycles. The molecular formula is C16H16ClNO. The lowest BCUT2D eigenvalue weighted by Crippen LogP contribution is -2.15. The highest BCUT2D eigenvalue weighted by Gasteiger charge is 2.11. The predicted octanol–water partition coefficient (Wildman–Crippen LogP) is 4.39. The van der Waals surface area contributed by atoms with Crippen molar-refractivity contribution in [2.75, 3.05) is 13.1 Å². The van der Waals surface area contributed by atoms with E-state index in [-0.39, 0.29) is 0 Å². The largest absolute Gasteiger partial charge is 0.463 e. The lowest BCUT2D eigenvalue weighted by molar-refractivity contribution is 0.610. The van der Waals surface area contributed by atoms with E-state index in [0.29, 0.717) is 0 Å². The van der Waals surface area contributed by atoms with Crippen molar-refractivity contribution in [2.45, 2.75) is 13.3 Å². The fourth-order valence-electron chi connectivity index (χ4n) is 2.46. The number of hydrogen-bond acceptors (Lipinski definition) is 2. The van der Waals surface area contributed by atoms with Gasteiger partial charge in [0.05, 0.1) is 6.26 Å². The quantitative estimate of drug-likeness (QED) is 0.713. The normalized spacial score (nSPS) is 11.5. The molecule has 2 aromatic carbocycles. The standard InChI is InChI=1S/C16H16ClNO/c1-2-18-8-7-11-10-19-16-13-6-4-3-5-12(13)15(17)9-14(11)16/h3-6,9-10,18H,2,7-8H2,1H3. The molecule has 1 aromatic heterocycles. The predicted molar refractivity (Wildman–Crippen MR) is 81.0 cm³/mol. The fourth-order valence-corrected chi connectivity index (χ4v) is 2.73. The van der Waals surface area contributed by atoms with Gasteiger partial charge in [0.1, 0.15) is 5.58 Å². The molecular weight excluding hydrogens is 258 g/mol. The summed E-state index contributed by atoms with van der Waals surface area (Å²) < 4.78 is 5.76. The van der Waals surface area contributed by atoms with Gasteiger partial charge in [-0.1, -0.05) is 42.8 Å². The summed E-state index contributed by atoms with van der Waals surface area (Å²) >= 11 is 6.37. The zero-order valence-electron chi connectivity index (χ0n) is 10.9. The number of likely N-dealkylation sites (N-methyl/N-ethyl adjacent to an activating group) is 1. The first-order valence-corrected chi connectivity index (χ1v) is 6.97. The molecule has 0 radical (unpaired) electrons. The van der Waals surface area contributed by atoms with E-state index in [4.69, 9.17) is 16.0 Å². The van der Waals surface area contributed by atoms with Crippen molar-refractivity contribution >= 4 is 33.3 Å². The average Bonchev–Trinajstić information content (AvgIpc) is 2.83. The van der Waals surface area contributed by atoms with Crippen molar-refractivity contribution in [1.29, 1.82) is 0 Å². The van der Waals surface area contributed by atoms with Crippen molar-refractivity contribution in [3.63, 3.8) is 0 Å². The van der Waals surface area contributed by atoms with Crippen LogP contribution in [0.1, 0.15) is 12.5 Å². The molecule has 1 heterocycles. The zero-order valence-corrected chi connectivity index (χ0v) is 11.6. The molecule has 0 fully saturated rings. The van der Waals surface area contributed by atoms with Gasteiger partial charge in [-0.05, 0) is 31.1 Å². The first-order chi connectivity index (χ1) is 9.31. The summed E-state index contributed by atoms with van der Waals surface area (Å²) in [6.07, 6.45) is 2.81. The zero-order chi connectivity index (χ0) is 13.2. The van der Waals surface area contributed by atoms with Crippen LogP contribution in [0, 0.1) is 0 Å². The van der Waals surface area contributed by atoms with E-state index in [1.165, 1.54) is 5.56 Å². The lowest BCUT2D eigenvalue weighted by Gasteiger charge is -2.03. The Morgan fingerprint density at radius 2 is 1.95 bits per heavy atom. The molecule has 0 aliphatic carbocycles. The summed E-state index contributed by atoms with van der Waals surface area (Å²) in [4.78, 5) is 0. The van der Waals surface area contributed by atoms with Crippen LogP contribution in [-0.2, 0) is 6.42 Å². The highest BCUT2D eigenvalue weighted by atomic mass is 35.5. The van der Waals surface area contributed by atoms with Crippen LogP contribution in [0.4, 0.5) is 0 Å². The minimum Gasteiger partial charge on any atom is -0.463 e. The van der Waals surface area contributed by atoms with Crippen molar-refractivity contribution < 1.29 is 4.42 Å². The van der Waals surface area contributed by atoms with E-state index in [9.17, 15) is 0 Å². The molecule has 98 valence electrons. The Labute approximate surface area is 117 Å². The molecule has 3 aromatic rings. The van der Waals surface area contributed by atoms with Crippen molar-refractivity contribution in [3.8, 4) is 0 Å². The van der Waals surface area contributed by atoms with E-state index in [0.717, 1.165) is 46.3 Å². The van der Waals surface area contributed by atoms with Gasteiger partial charge in [-0.2, -0.15) is 0 Å². The topological polar surface area (TPSA) is 25.2 Å².